The van der Waals surface area contributed by atoms with E-state index in [0.717, 1.165) is 5.57 Å². The van der Waals surface area contributed by atoms with E-state index in [4.69, 9.17) is 4.74 Å². The molecule has 0 fully saturated rings. The summed E-state index contributed by atoms with van der Waals surface area (Å²) in [4.78, 5) is 10.5. The van der Waals surface area contributed by atoms with Gasteiger partial charge in [-0.2, -0.15) is 0 Å². The molecule has 1 aromatic rings. The van der Waals surface area contributed by atoms with Gasteiger partial charge in [0.05, 0.1) is 0 Å². The molecule has 0 aliphatic heterocycles. The Morgan fingerprint density at radius 2 is 2.36 bits per heavy atom. The van der Waals surface area contributed by atoms with E-state index in [9.17, 15) is 9.90 Å². The molecular weight excluding hydrogens is 180 g/mol. The molecule has 3 nitrogen and oxygen atoms in total. The molecular formula is C11H12O3. The van der Waals surface area contributed by atoms with Crippen molar-refractivity contribution in [1.82, 2.24) is 0 Å². The summed E-state index contributed by atoms with van der Waals surface area (Å²) in [6, 6.07) is 4.44. The van der Waals surface area contributed by atoms with Gasteiger partial charge in [0, 0.05) is 5.56 Å². The molecule has 0 unspecified atom stereocenters. The third-order valence-corrected chi connectivity index (χ3v) is 1.59. The molecule has 1 aromatic carbocycles. The van der Waals surface area contributed by atoms with Crippen molar-refractivity contribution in [2.75, 3.05) is 6.61 Å². The average molecular weight is 192 g/mol. The first-order valence-corrected chi connectivity index (χ1v) is 4.19. The maximum Gasteiger partial charge on any atom is 0.162 e. The van der Waals surface area contributed by atoms with Crippen molar-refractivity contribution in [2.45, 2.75) is 6.92 Å². The van der Waals surface area contributed by atoms with Gasteiger partial charge in [0.25, 0.3) is 0 Å². The summed E-state index contributed by atoms with van der Waals surface area (Å²) in [5, 5.41) is 9.37. The highest BCUT2D eigenvalue weighted by Crippen LogP contribution is 2.26. The number of benzene rings is 1. The van der Waals surface area contributed by atoms with Crippen molar-refractivity contribution in [2.24, 2.45) is 0 Å². The standard InChI is InChI=1S/C11H12O3/c1-8(2)7-14-11-5-9(6-12)3-4-10(11)13/h3-6,13H,1,7H2,2H3. The first-order chi connectivity index (χ1) is 6.63. The highest BCUT2D eigenvalue weighted by molar-refractivity contribution is 5.76. The summed E-state index contributed by atoms with van der Waals surface area (Å²) < 4.78 is 5.23. The monoisotopic (exact) mass is 192 g/mol. The van der Waals surface area contributed by atoms with Gasteiger partial charge >= 0.3 is 0 Å². The van der Waals surface area contributed by atoms with Crippen molar-refractivity contribution in [1.29, 1.82) is 0 Å². The number of carbonyl (C=O) groups is 1. The third kappa shape index (κ3) is 2.62. The number of hydrogen-bond donors (Lipinski definition) is 1. The number of ether oxygens (including phenoxy) is 1. The summed E-state index contributed by atoms with van der Waals surface area (Å²) in [5.41, 5.74) is 1.32. The van der Waals surface area contributed by atoms with Gasteiger partial charge in [-0.25, -0.2) is 0 Å². The van der Waals surface area contributed by atoms with Crippen molar-refractivity contribution >= 4 is 6.29 Å². The lowest BCUT2D eigenvalue weighted by molar-refractivity contribution is 0.112. The molecule has 74 valence electrons. The molecule has 14 heavy (non-hydrogen) atoms. The average Bonchev–Trinajstić information content (AvgIpc) is 2.16. The third-order valence-electron chi connectivity index (χ3n) is 1.59. The fourth-order valence-electron chi connectivity index (χ4n) is 0.921. The van der Waals surface area contributed by atoms with E-state index in [2.05, 4.69) is 6.58 Å². The van der Waals surface area contributed by atoms with E-state index < -0.39 is 0 Å². The second-order valence-corrected chi connectivity index (χ2v) is 3.09. The highest BCUT2D eigenvalue weighted by Gasteiger charge is 2.03. The number of aromatic hydroxyl groups is 1. The van der Waals surface area contributed by atoms with Crippen molar-refractivity contribution in [3.05, 3.63) is 35.9 Å². The SMILES string of the molecule is C=C(C)COc1cc(C=O)ccc1O. The van der Waals surface area contributed by atoms with Crippen LogP contribution in [0.2, 0.25) is 0 Å². The molecule has 0 saturated carbocycles. The van der Waals surface area contributed by atoms with Crippen LogP contribution in [-0.2, 0) is 0 Å². The predicted octanol–water partition coefficient (Wildman–Crippen LogP) is 2.16. The Balaban J connectivity index is 2.83. The van der Waals surface area contributed by atoms with Crippen LogP contribution >= 0.6 is 0 Å². The number of rotatable bonds is 4. The summed E-state index contributed by atoms with van der Waals surface area (Å²) in [6.07, 6.45) is 0.701. The van der Waals surface area contributed by atoms with Crippen LogP contribution in [0.4, 0.5) is 0 Å². The van der Waals surface area contributed by atoms with Gasteiger partial charge in [0.1, 0.15) is 12.9 Å². The van der Waals surface area contributed by atoms with E-state index in [0.29, 0.717) is 24.2 Å². The van der Waals surface area contributed by atoms with Crippen LogP contribution in [-0.4, -0.2) is 18.0 Å². The van der Waals surface area contributed by atoms with Gasteiger partial charge in [0.15, 0.2) is 11.5 Å². The zero-order valence-corrected chi connectivity index (χ0v) is 7.99. The normalized spacial score (nSPS) is 9.50. The molecule has 0 heterocycles. The lowest BCUT2D eigenvalue weighted by Gasteiger charge is -2.07. The minimum Gasteiger partial charge on any atom is -0.504 e. The van der Waals surface area contributed by atoms with E-state index in [1.165, 1.54) is 18.2 Å². The Labute approximate surface area is 82.6 Å². The quantitative estimate of drug-likeness (QED) is 0.587. The minimum atomic E-state index is 0.0249. The topological polar surface area (TPSA) is 46.5 Å². The van der Waals surface area contributed by atoms with Gasteiger partial charge in [-0.3, -0.25) is 4.79 Å². The van der Waals surface area contributed by atoms with Crippen molar-refractivity contribution < 1.29 is 14.6 Å². The van der Waals surface area contributed by atoms with Crippen molar-refractivity contribution in [3.8, 4) is 11.5 Å². The zero-order valence-electron chi connectivity index (χ0n) is 7.99. The minimum absolute atomic E-state index is 0.0249. The molecule has 0 radical (unpaired) electrons. The van der Waals surface area contributed by atoms with Gasteiger partial charge in [0.2, 0.25) is 0 Å². The second-order valence-electron chi connectivity index (χ2n) is 3.09. The molecule has 0 bridgehead atoms. The zero-order chi connectivity index (χ0) is 10.6. The molecule has 0 atom stereocenters. The lowest BCUT2D eigenvalue weighted by atomic mass is 10.2. The van der Waals surface area contributed by atoms with Gasteiger partial charge < -0.3 is 9.84 Å². The van der Waals surface area contributed by atoms with Crippen LogP contribution in [0, 0.1) is 0 Å². The summed E-state index contributed by atoms with van der Waals surface area (Å²) >= 11 is 0. The summed E-state index contributed by atoms with van der Waals surface area (Å²) in [5.74, 6) is 0.328. The van der Waals surface area contributed by atoms with Gasteiger partial charge in [-0.1, -0.05) is 6.58 Å². The van der Waals surface area contributed by atoms with E-state index in [-0.39, 0.29) is 5.75 Å². The number of phenols is 1. The molecule has 0 aliphatic rings. The summed E-state index contributed by atoms with van der Waals surface area (Å²) in [6.45, 7) is 5.82. The Hall–Kier alpha value is -1.77. The van der Waals surface area contributed by atoms with Crippen LogP contribution < -0.4 is 4.74 Å². The highest BCUT2D eigenvalue weighted by atomic mass is 16.5. The van der Waals surface area contributed by atoms with E-state index >= 15 is 0 Å². The molecule has 0 amide bonds. The van der Waals surface area contributed by atoms with Gasteiger partial charge in [-0.05, 0) is 30.7 Å². The van der Waals surface area contributed by atoms with E-state index in [1.807, 2.05) is 6.92 Å². The number of aldehydes is 1. The largest absolute Gasteiger partial charge is 0.504 e. The first kappa shape index (κ1) is 10.3. The number of carbonyl (C=O) groups excluding carboxylic acids is 1. The maximum atomic E-state index is 10.5. The maximum absolute atomic E-state index is 10.5. The first-order valence-electron chi connectivity index (χ1n) is 4.19. The Bertz CT molecular complexity index is 356. The Morgan fingerprint density at radius 1 is 1.64 bits per heavy atom. The fourth-order valence-corrected chi connectivity index (χ4v) is 0.921. The number of hydrogen-bond acceptors (Lipinski definition) is 3. The predicted molar refractivity (Wildman–Crippen MR) is 53.8 cm³/mol. The summed E-state index contributed by atoms with van der Waals surface area (Å²) in [7, 11) is 0. The van der Waals surface area contributed by atoms with Gasteiger partial charge in [-0.15, -0.1) is 0 Å². The molecule has 0 aliphatic carbocycles. The van der Waals surface area contributed by atoms with Crippen LogP contribution in [0.15, 0.2) is 30.4 Å². The van der Waals surface area contributed by atoms with E-state index in [1.54, 1.807) is 0 Å². The molecule has 0 aromatic heterocycles. The van der Waals surface area contributed by atoms with Crippen LogP contribution in [0.1, 0.15) is 17.3 Å². The van der Waals surface area contributed by atoms with Crippen LogP contribution in [0.5, 0.6) is 11.5 Å². The van der Waals surface area contributed by atoms with Crippen LogP contribution in [0.3, 0.4) is 0 Å². The number of phenolic OH excluding ortho intramolecular Hbond substituents is 1. The fraction of sp³-hybridized carbons (Fsp3) is 0.182. The van der Waals surface area contributed by atoms with Crippen molar-refractivity contribution in [3.63, 3.8) is 0 Å². The molecule has 1 N–H and O–H groups in total. The Morgan fingerprint density at radius 3 is 2.93 bits per heavy atom. The molecule has 0 spiro atoms. The Kier molecular flexibility index (Phi) is 3.29. The molecule has 3 heteroatoms. The van der Waals surface area contributed by atoms with Crippen LogP contribution in [0.25, 0.3) is 0 Å². The smallest absolute Gasteiger partial charge is 0.162 e. The second kappa shape index (κ2) is 4.46. The lowest BCUT2D eigenvalue weighted by Crippen LogP contribution is -1.98. The molecule has 1 rings (SSSR count). The molecule has 0 saturated heterocycles.